The van der Waals surface area contributed by atoms with E-state index in [4.69, 9.17) is 22.7 Å². The minimum Gasteiger partial charge on any atom is -0.389 e. The molecule has 0 aromatic heterocycles. The van der Waals surface area contributed by atoms with Gasteiger partial charge in [0.1, 0.15) is 4.99 Å². The molecule has 2 rings (SSSR count). The van der Waals surface area contributed by atoms with Gasteiger partial charge in [0, 0.05) is 30.9 Å². The predicted octanol–water partition coefficient (Wildman–Crippen LogP) is 2.63. The molecule has 1 fully saturated rings. The van der Waals surface area contributed by atoms with Crippen molar-refractivity contribution in [2.45, 2.75) is 32.8 Å². The fourth-order valence-corrected chi connectivity index (χ4v) is 2.72. The van der Waals surface area contributed by atoms with E-state index in [0.29, 0.717) is 11.1 Å². The number of anilines is 1. The van der Waals surface area contributed by atoms with Crippen LogP contribution in [-0.2, 0) is 4.74 Å². The lowest BCUT2D eigenvalue weighted by atomic mass is 10.1. The smallest absolute Gasteiger partial charge is 0.106 e. The largest absolute Gasteiger partial charge is 0.389 e. The first-order valence-electron chi connectivity index (χ1n) is 6.88. The van der Waals surface area contributed by atoms with Gasteiger partial charge in [-0.2, -0.15) is 0 Å². The van der Waals surface area contributed by atoms with Crippen LogP contribution in [-0.4, -0.2) is 30.8 Å². The van der Waals surface area contributed by atoms with E-state index in [1.165, 1.54) is 5.56 Å². The van der Waals surface area contributed by atoms with Crippen molar-refractivity contribution in [2.75, 3.05) is 24.6 Å². The molecular formula is C15H22N2OS. The summed E-state index contributed by atoms with van der Waals surface area (Å²) in [7, 11) is 0. The summed E-state index contributed by atoms with van der Waals surface area (Å²) in [5.41, 5.74) is 9.13. The molecular weight excluding hydrogens is 256 g/mol. The van der Waals surface area contributed by atoms with Crippen molar-refractivity contribution in [3.63, 3.8) is 0 Å². The molecule has 1 aromatic rings. The van der Waals surface area contributed by atoms with E-state index in [0.717, 1.165) is 43.8 Å². The van der Waals surface area contributed by atoms with E-state index in [1.54, 1.807) is 0 Å². The van der Waals surface area contributed by atoms with E-state index in [-0.39, 0.29) is 0 Å². The van der Waals surface area contributed by atoms with Crippen LogP contribution in [0.4, 0.5) is 5.69 Å². The van der Waals surface area contributed by atoms with Crippen molar-refractivity contribution in [3.05, 3.63) is 29.3 Å². The van der Waals surface area contributed by atoms with E-state index >= 15 is 0 Å². The Bertz CT molecular complexity index is 455. The zero-order valence-electron chi connectivity index (χ0n) is 11.7. The van der Waals surface area contributed by atoms with Gasteiger partial charge in [-0.3, -0.25) is 0 Å². The van der Waals surface area contributed by atoms with E-state index in [9.17, 15) is 0 Å². The van der Waals surface area contributed by atoms with Crippen molar-refractivity contribution < 1.29 is 4.74 Å². The standard InChI is InChI=1S/C15H22N2OS/c1-3-17(10-12-5-4-8-18-12)14-7-6-11(2)9-13(14)15(16)19/h6-7,9,12H,3-5,8,10H2,1-2H3,(H2,16,19). The van der Waals surface area contributed by atoms with Gasteiger partial charge in [0.2, 0.25) is 0 Å². The fourth-order valence-electron chi connectivity index (χ4n) is 2.55. The number of benzene rings is 1. The number of ether oxygens (including phenoxy) is 1. The van der Waals surface area contributed by atoms with Crippen LogP contribution < -0.4 is 10.6 Å². The highest BCUT2D eigenvalue weighted by atomic mass is 32.1. The lowest BCUT2D eigenvalue weighted by Crippen LogP contribution is -2.33. The highest BCUT2D eigenvalue weighted by Crippen LogP contribution is 2.24. The lowest BCUT2D eigenvalue weighted by Gasteiger charge is -2.28. The number of likely N-dealkylation sites (N-methyl/N-ethyl adjacent to an activating group) is 1. The molecule has 0 radical (unpaired) electrons. The van der Waals surface area contributed by atoms with E-state index < -0.39 is 0 Å². The number of hydrogen-bond acceptors (Lipinski definition) is 3. The van der Waals surface area contributed by atoms with Gasteiger partial charge in [0.05, 0.1) is 6.10 Å². The van der Waals surface area contributed by atoms with Crippen LogP contribution in [0, 0.1) is 6.92 Å². The molecule has 0 bridgehead atoms. The van der Waals surface area contributed by atoms with Gasteiger partial charge >= 0.3 is 0 Å². The Morgan fingerprint density at radius 3 is 2.89 bits per heavy atom. The van der Waals surface area contributed by atoms with Crippen LogP contribution in [0.15, 0.2) is 18.2 Å². The van der Waals surface area contributed by atoms with Crippen LogP contribution in [0.1, 0.15) is 30.9 Å². The molecule has 1 unspecified atom stereocenters. The second kappa shape index (κ2) is 6.35. The van der Waals surface area contributed by atoms with Gasteiger partial charge in [-0.15, -0.1) is 0 Å². The summed E-state index contributed by atoms with van der Waals surface area (Å²) in [5, 5.41) is 0. The third-order valence-corrected chi connectivity index (χ3v) is 3.81. The van der Waals surface area contributed by atoms with E-state index in [1.807, 2.05) is 0 Å². The van der Waals surface area contributed by atoms with Crippen molar-refractivity contribution >= 4 is 22.9 Å². The van der Waals surface area contributed by atoms with E-state index in [2.05, 4.69) is 36.9 Å². The Balaban J connectivity index is 2.23. The van der Waals surface area contributed by atoms with Crippen LogP contribution in [0.25, 0.3) is 0 Å². The van der Waals surface area contributed by atoms with Gasteiger partial charge < -0.3 is 15.4 Å². The molecule has 1 aromatic carbocycles. The molecule has 1 heterocycles. The third kappa shape index (κ3) is 3.45. The molecule has 3 nitrogen and oxygen atoms in total. The topological polar surface area (TPSA) is 38.5 Å². The van der Waals surface area contributed by atoms with Crippen LogP contribution in [0.3, 0.4) is 0 Å². The average molecular weight is 278 g/mol. The quantitative estimate of drug-likeness (QED) is 0.840. The summed E-state index contributed by atoms with van der Waals surface area (Å²) in [6.45, 7) is 6.94. The summed E-state index contributed by atoms with van der Waals surface area (Å²) in [6, 6.07) is 6.29. The molecule has 4 heteroatoms. The highest BCUT2D eigenvalue weighted by Gasteiger charge is 2.20. The first-order valence-corrected chi connectivity index (χ1v) is 7.29. The second-order valence-corrected chi connectivity index (χ2v) is 5.50. The first-order chi connectivity index (χ1) is 9.11. The number of nitrogens with zero attached hydrogens (tertiary/aromatic N) is 1. The number of nitrogens with two attached hydrogens (primary N) is 1. The Morgan fingerprint density at radius 1 is 1.53 bits per heavy atom. The molecule has 19 heavy (non-hydrogen) atoms. The van der Waals surface area contributed by atoms with Gasteiger partial charge in [0.15, 0.2) is 0 Å². The molecule has 104 valence electrons. The monoisotopic (exact) mass is 278 g/mol. The summed E-state index contributed by atoms with van der Waals surface area (Å²) in [6.07, 6.45) is 2.64. The van der Waals surface area contributed by atoms with Gasteiger partial charge in [-0.25, -0.2) is 0 Å². The maximum absolute atomic E-state index is 5.86. The highest BCUT2D eigenvalue weighted by molar-refractivity contribution is 7.80. The predicted molar refractivity (Wildman–Crippen MR) is 83.9 cm³/mol. The second-order valence-electron chi connectivity index (χ2n) is 5.06. The summed E-state index contributed by atoms with van der Waals surface area (Å²) in [4.78, 5) is 2.77. The van der Waals surface area contributed by atoms with Crippen molar-refractivity contribution in [2.24, 2.45) is 5.73 Å². The zero-order valence-corrected chi connectivity index (χ0v) is 12.5. The third-order valence-electron chi connectivity index (χ3n) is 3.59. The number of hydrogen-bond donors (Lipinski definition) is 1. The van der Waals surface area contributed by atoms with Crippen molar-refractivity contribution in [1.29, 1.82) is 0 Å². The van der Waals surface area contributed by atoms with Gasteiger partial charge in [0.25, 0.3) is 0 Å². The number of rotatable bonds is 5. The molecule has 1 aliphatic heterocycles. The van der Waals surface area contributed by atoms with Gasteiger partial charge in [-0.05, 0) is 38.8 Å². The first kappa shape index (κ1) is 14.3. The maximum atomic E-state index is 5.86. The molecule has 2 N–H and O–H groups in total. The fraction of sp³-hybridized carbons (Fsp3) is 0.533. The minimum absolute atomic E-state index is 0.334. The average Bonchev–Trinajstić information content (AvgIpc) is 2.89. The maximum Gasteiger partial charge on any atom is 0.106 e. The molecule has 1 saturated heterocycles. The van der Waals surface area contributed by atoms with Gasteiger partial charge in [-0.1, -0.05) is 23.8 Å². The summed E-state index contributed by atoms with van der Waals surface area (Å²) in [5.74, 6) is 0. The Morgan fingerprint density at radius 2 is 2.32 bits per heavy atom. The number of aryl methyl sites for hydroxylation is 1. The zero-order chi connectivity index (χ0) is 13.8. The van der Waals surface area contributed by atoms with Crippen molar-refractivity contribution in [1.82, 2.24) is 0 Å². The molecule has 0 amide bonds. The Labute approximate surface area is 120 Å². The molecule has 0 aliphatic carbocycles. The molecule has 0 saturated carbocycles. The molecule has 1 aliphatic rings. The molecule has 1 atom stereocenters. The lowest BCUT2D eigenvalue weighted by molar-refractivity contribution is 0.115. The summed E-state index contributed by atoms with van der Waals surface area (Å²) >= 11 is 5.18. The summed E-state index contributed by atoms with van der Waals surface area (Å²) < 4.78 is 5.73. The van der Waals surface area contributed by atoms with Crippen molar-refractivity contribution in [3.8, 4) is 0 Å². The molecule has 0 spiro atoms. The number of thiocarbonyl (C=S) groups is 1. The van der Waals surface area contributed by atoms with Crippen LogP contribution in [0.5, 0.6) is 0 Å². The SMILES string of the molecule is CCN(CC1CCCO1)c1ccc(C)cc1C(N)=S. The van der Waals surface area contributed by atoms with Crippen LogP contribution in [0.2, 0.25) is 0 Å². The Kier molecular flexibility index (Phi) is 4.77. The normalized spacial score (nSPS) is 18.5. The van der Waals surface area contributed by atoms with Crippen LogP contribution >= 0.6 is 12.2 Å². The minimum atomic E-state index is 0.334. The Hall–Kier alpha value is -1.13.